The van der Waals surface area contributed by atoms with E-state index in [9.17, 15) is 19.1 Å². The van der Waals surface area contributed by atoms with E-state index in [2.05, 4.69) is 10.3 Å². The molecule has 3 N–H and O–H groups in total. The van der Waals surface area contributed by atoms with Crippen LogP contribution in [0.15, 0.2) is 59.4 Å². The number of fused-ring (bicyclic) bond motifs is 1. The fourth-order valence-electron chi connectivity index (χ4n) is 2.67. The first-order chi connectivity index (χ1) is 11.9. The highest BCUT2D eigenvalue weighted by Crippen LogP contribution is 2.20. The highest BCUT2D eigenvalue weighted by Gasteiger charge is 2.24. The standard InChI is InChI=1S/C19H17FN2O3/c1-19(25,12-5-3-2-4-6-12)11-21-18(24)15-10-17(23)22-16-9-13(20)7-8-14(15)16/h2-10,25H,11H2,1H3,(H,21,24)(H,22,23). The van der Waals surface area contributed by atoms with Crippen LogP contribution in [0.1, 0.15) is 22.8 Å². The lowest BCUT2D eigenvalue weighted by atomic mass is 9.96. The van der Waals surface area contributed by atoms with E-state index >= 15 is 0 Å². The van der Waals surface area contributed by atoms with Gasteiger partial charge < -0.3 is 15.4 Å². The number of rotatable bonds is 4. The van der Waals surface area contributed by atoms with E-state index in [1.165, 1.54) is 12.1 Å². The summed E-state index contributed by atoms with van der Waals surface area (Å²) in [4.78, 5) is 26.7. The molecule has 5 nitrogen and oxygen atoms in total. The molecule has 3 aromatic rings. The van der Waals surface area contributed by atoms with Gasteiger partial charge in [0.05, 0.1) is 17.6 Å². The SMILES string of the molecule is CC(O)(CNC(=O)c1cc(=O)[nH]c2cc(F)ccc12)c1ccccc1. The maximum Gasteiger partial charge on any atom is 0.252 e. The molecule has 128 valence electrons. The lowest BCUT2D eigenvalue weighted by Crippen LogP contribution is -2.38. The number of benzene rings is 2. The van der Waals surface area contributed by atoms with E-state index in [0.717, 1.165) is 12.1 Å². The normalized spacial score (nSPS) is 13.4. The fraction of sp³-hybridized carbons (Fsp3) is 0.158. The van der Waals surface area contributed by atoms with E-state index in [0.29, 0.717) is 10.9 Å². The molecule has 0 saturated carbocycles. The predicted octanol–water partition coefficient (Wildman–Crippen LogP) is 2.30. The molecule has 0 aliphatic carbocycles. The number of pyridine rings is 1. The third-order valence-electron chi connectivity index (χ3n) is 4.04. The number of aliphatic hydroxyl groups is 1. The first-order valence-corrected chi connectivity index (χ1v) is 7.75. The zero-order valence-electron chi connectivity index (χ0n) is 13.5. The number of aromatic amines is 1. The van der Waals surface area contributed by atoms with Crippen molar-refractivity contribution in [2.75, 3.05) is 6.54 Å². The molecule has 1 amide bonds. The van der Waals surface area contributed by atoms with Gasteiger partial charge in [0.2, 0.25) is 5.56 Å². The maximum atomic E-state index is 13.3. The van der Waals surface area contributed by atoms with Crippen molar-refractivity contribution >= 4 is 16.8 Å². The molecule has 0 fully saturated rings. The Bertz CT molecular complexity index is 981. The maximum absolute atomic E-state index is 13.3. The van der Waals surface area contributed by atoms with Gasteiger partial charge in [0.15, 0.2) is 0 Å². The molecular weight excluding hydrogens is 323 g/mol. The minimum Gasteiger partial charge on any atom is -0.384 e. The second kappa shape index (κ2) is 6.49. The van der Waals surface area contributed by atoms with Crippen molar-refractivity contribution in [1.29, 1.82) is 0 Å². The molecule has 6 heteroatoms. The summed E-state index contributed by atoms with van der Waals surface area (Å²) in [5.41, 5.74) is -0.735. The van der Waals surface area contributed by atoms with Crippen LogP contribution in [0.5, 0.6) is 0 Å². The predicted molar refractivity (Wildman–Crippen MR) is 92.9 cm³/mol. The third-order valence-corrected chi connectivity index (χ3v) is 4.04. The minimum atomic E-state index is -1.26. The quantitative estimate of drug-likeness (QED) is 0.682. The van der Waals surface area contributed by atoms with Crippen molar-refractivity contribution in [2.45, 2.75) is 12.5 Å². The van der Waals surface area contributed by atoms with Gasteiger partial charge in [0.1, 0.15) is 11.4 Å². The van der Waals surface area contributed by atoms with Crippen LogP contribution in [-0.2, 0) is 5.60 Å². The summed E-state index contributed by atoms with van der Waals surface area (Å²) in [6, 6.07) is 13.9. The van der Waals surface area contributed by atoms with Crippen LogP contribution in [0.3, 0.4) is 0 Å². The number of carbonyl (C=O) groups is 1. The van der Waals surface area contributed by atoms with Crippen molar-refractivity contribution in [3.8, 4) is 0 Å². The molecule has 1 heterocycles. The summed E-state index contributed by atoms with van der Waals surface area (Å²) in [7, 11) is 0. The molecule has 0 bridgehead atoms. The van der Waals surface area contributed by atoms with Crippen LogP contribution in [0.25, 0.3) is 10.9 Å². The van der Waals surface area contributed by atoms with E-state index in [4.69, 9.17) is 0 Å². The lowest BCUT2D eigenvalue weighted by molar-refractivity contribution is 0.0527. The second-order valence-electron chi connectivity index (χ2n) is 6.06. The third kappa shape index (κ3) is 3.59. The van der Waals surface area contributed by atoms with Crippen molar-refractivity contribution in [3.05, 3.63) is 81.9 Å². The summed E-state index contributed by atoms with van der Waals surface area (Å²) < 4.78 is 13.3. The molecule has 3 rings (SSSR count). The number of amides is 1. The summed E-state index contributed by atoms with van der Waals surface area (Å²) in [5.74, 6) is -1.02. The van der Waals surface area contributed by atoms with E-state index in [-0.39, 0.29) is 17.6 Å². The van der Waals surface area contributed by atoms with Gasteiger partial charge in [0.25, 0.3) is 5.91 Å². The Balaban J connectivity index is 1.87. The first kappa shape index (κ1) is 16.9. The number of halogens is 1. The van der Waals surface area contributed by atoms with E-state index in [1.54, 1.807) is 31.2 Å². The topological polar surface area (TPSA) is 82.2 Å². The average Bonchev–Trinajstić information content (AvgIpc) is 2.59. The number of H-pyrrole nitrogens is 1. The zero-order chi connectivity index (χ0) is 18.0. The van der Waals surface area contributed by atoms with Crippen molar-refractivity contribution < 1.29 is 14.3 Å². The molecule has 1 unspecified atom stereocenters. The highest BCUT2D eigenvalue weighted by molar-refractivity contribution is 6.05. The van der Waals surface area contributed by atoms with Gasteiger partial charge in [-0.2, -0.15) is 0 Å². The largest absolute Gasteiger partial charge is 0.384 e. The van der Waals surface area contributed by atoms with Crippen molar-refractivity contribution in [3.63, 3.8) is 0 Å². The van der Waals surface area contributed by atoms with Crippen LogP contribution in [0.2, 0.25) is 0 Å². The van der Waals surface area contributed by atoms with Gasteiger partial charge in [0, 0.05) is 11.5 Å². The molecule has 0 aliphatic rings. The Morgan fingerprint density at radius 3 is 2.64 bits per heavy atom. The van der Waals surface area contributed by atoms with Crippen LogP contribution in [0, 0.1) is 5.82 Å². The molecule has 0 aliphatic heterocycles. The van der Waals surface area contributed by atoms with Gasteiger partial charge in [-0.25, -0.2) is 4.39 Å². The van der Waals surface area contributed by atoms with Gasteiger partial charge >= 0.3 is 0 Å². The molecule has 1 aromatic heterocycles. The summed E-state index contributed by atoms with van der Waals surface area (Å²) >= 11 is 0. The molecule has 1 atom stereocenters. The molecule has 2 aromatic carbocycles. The highest BCUT2D eigenvalue weighted by atomic mass is 19.1. The average molecular weight is 340 g/mol. The fourth-order valence-corrected chi connectivity index (χ4v) is 2.67. The number of hydrogen-bond donors (Lipinski definition) is 3. The Morgan fingerprint density at radius 1 is 1.20 bits per heavy atom. The second-order valence-corrected chi connectivity index (χ2v) is 6.06. The molecule has 0 saturated heterocycles. The van der Waals surface area contributed by atoms with E-state index < -0.39 is 22.9 Å². The number of carbonyl (C=O) groups excluding carboxylic acids is 1. The van der Waals surface area contributed by atoms with E-state index in [1.807, 2.05) is 6.07 Å². The monoisotopic (exact) mass is 340 g/mol. The van der Waals surface area contributed by atoms with Gasteiger partial charge in [-0.1, -0.05) is 30.3 Å². The number of aromatic nitrogens is 1. The van der Waals surface area contributed by atoms with Crippen LogP contribution < -0.4 is 10.9 Å². The van der Waals surface area contributed by atoms with Crippen molar-refractivity contribution in [2.24, 2.45) is 0 Å². The Kier molecular flexibility index (Phi) is 4.37. The molecule has 0 spiro atoms. The first-order valence-electron chi connectivity index (χ1n) is 7.75. The molecule has 25 heavy (non-hydrogen) atoms. The van der Waals surface area contributed by atoms with Gasteiger partial charge in [-0.05, 0) is 30.7 Å². The van der Waals surface area contributed by atoms with Gasteiger partial charge in [-0.15, -0.1) is 0 Å². The summed E-state index contributed by atoms with van der Waals surface area (Å²) in [5, 5.41) is 13.6. The van der Waals surface area contributed by atoms with Crippen LogP contribution in [-0.4, -0.2) is 22.5 Å². The minimum absolute atomic E-state index is 0.0364. The summed E-state index contributed by atoms with van der Waals surface area (Å²) in [6.45, 7) is 1.55. The zero-order valence-corrected chi connectivity index (χ0v) is 13.5. The lowest BCUT2D eigenvalue weighted by Gasteiger charge is -2.24. The molecule has 0 radical (unpaired) electrons. The summed E-state index contributed by atoms with van der Waals surface area (Å²) in [6.07, 6.45) is 0. The Morgan fingerprint density at radius 2 is 1.92 bits per heavy atom. The van der Waals surface area contributed by atoms with Crippen molar-refractivity contribution in [1.82, 2.24) is 10.3 Å². The Hall–Kier alpha value is -2.99. The molecular formula is C19H17FN2O3. The smallest absolute Gasteiger partial charge is 0.252 e. The number of nitrogens with one attached hydrogen (secondary N) is 2. The number of hydrogen-bond acceptors (Lipinski definition) is 3. The van der Waals surface area contributed by atoms with Gasteiger partial charge in [-0.3, -0.25) is 9.59 Å². The Labute approximate surface area is 143 Å². The van der Waals surface area contributed by atoms with Crippen LogP contribution in [0.4, 0.5) is 4.39 Å². The van der Waals surface area contributed by atoms with Crippen LogP contribution >= 0.6 is 0 Å².